The molecule has 0 aromatic heterocycles. The number of phosphoric acid groups is 1. The molecule has 0 radical (unpaired) electrons. The van der Waals surface area contributed by atoms with Crippen molar-refractivity contribution in [2.75, 3.05) is 40.9 Å². The number of amides is 1. The lowest BCUT2D eigenvalue weighted by atomic mass is 10.0. The number of hydrogen-bond acceptors (Lipinski definition) is 6. The molecule has 0 heterocycles. The van der Waals surface area contributed by atoms with Gasteiger partial charge in [-0.25, -0.2) is 0 Å². The molecule has 0 aromatic carbocycles. The molecule has 9 heteroatoms. The molecule has 0 aliphatic rings. The van der Waals surface area contributed by atoms with Gasteiger partial charge in [-0.2, -0.15) is 0 Å². The van der Waals surface area contributed by atoms with Gasteiger partial charge in [-0.15, -0.1) is 0 Å². The lowest BCUT2D eigenvalue weighted by Gasteiger charge is -2.29. The lowest BCUT2D eigenvalue weighted by Crippen LogP contribution is -2.45. The molecule has 0 aliphatic heterocycles. The smallest absolute Gasteiger partial charge is 0.268 e. The van der Waals surface area contributed by atoms with Crippen LogP contribution < -0.4 is 10.2 Å². The highest BCUT2D eigenvalue weighted by molar-refractivity contribution is 7.45. The van der Waals surface area contributed by atoms with E-state index in [4.69, 9.17) is 9.05 Å². The number of aliphatic hydroxyl groups is 1. The summed E-state index contributed by atoms with van der Waals surface area (Å²) in [5, 5.41) is 13.8. The molecule has 0 aromatic rings. The second-order valence-corrected chi connectivity index (χ2v) is 19.2. The highest BCUT2D eigenvalue weighted by atomic mass is 31.2. The molecule has 0 spiro atoms. The maximum absolute atomic E-state index is 12.9. The number of likely N-dealkylation sites (N-methyl/N-ethyl adjacent to an activating group) is 1. The van der Waals surface area contributed by atoms with Gasteiger partial charge in [0.25, 0.3) is 7.82 Å². The van der Waals surface area contributed by atoms with E-state index in [0.29, 0.717) is 17.4 Å². The summed E-state index contributed by atoms with van der Waals surface area (Å²) in [7, 11) is 1.25. The average molecular weight is 827 g/mol. The molecule has 0 saturated carbocycles. The second-order valence-electron chi connectivity index (χ2n) is 17.8. The predicted octanol–water partition coefficient (Wildman–Crippen LogP) is 13.1. The first-order valence-electron chi connectivity index (χ1n) is 24.2. The van der Waals surface area contributed by atoms with Gasteiger partial charge in [0.05, 0.1) is 39.9 Å². The van der Waals surface area contributed by atoms with Crippen molar-refractivity contribution in [3.63, 3.8) is 0 Å². The van der Waals surface area contributed by atoms with E-state index in [1.807, 2.05) is 27.2 Å². The Morgan fingerprint density at radius 1 is 0.596 bits per heavy atom. The topological polar surface area (TPSA) is 108 Å². The highest BCUT2D eigenvalue weighted by Crippen LogP contribution is 2.38. The highest BCUT2D eigenvalue weighted by Gasteiger charge is 2.23. The standard InChI is InChI=1S/C48H95N2O6P/c1-6-8-10-12-14-16-18-20-22-24-25-26-28-30-32-34-36-38-40-42-48(52)49-46(45-56-57(53,54)55-44-43-50(3,4)5)47(51)41-39-37-35-33-31-29-27-23-21-19-17-15-13-11-9-7-2/h31,33,39,41,46-47,51H,6-30,32,34-38,40,42-45H2,1-5H3,(H-,49,52,53,54)/b33-31+,41-39+. The Labute approximate surface area is 354 Å². The van der Waals surface area contributed by atoms with Crippen LogP contribution >= 0.6 is 7.82 Å². The number of allylic oxidation sites excluding steroid dienone is 3. The summed E-state index contributed by atoms with van der Waals surface area (Å²) in [6.07, 6.45) is 48.0. The monoisotopic (exact) mass is 827 g/mol. The van der Waals surface area contributed by atoms with Gasteiger partial charge < -0.3 is 28.8 Å². The van der Waals surface area contributed by atoms with Gasteiger partial charge in [0.2, 0.25) is 5.91 Å². The third-order valence-corrected chi connectivity index (χ3v) is 11.9. The summed E-state index contributed by atoms with van der Waals surface area (Å²) < 4.78 is 23.2. The van der Waals surface area contributed by atoms with Crippen molar-refractivity contribution in [2.24, 2.45) is 0 Å². The SMILES string of the molecule is CCCCCCCCCCCC/C=C/CC/C=C/C(O)C(COP(=O)([O-])OCC[N+](C)(C)C)NC(=O)CCCCCCCCCCCCCCCCCCCCC. The van der Waals surface area contributed by atoms with Gasteiger partial charge >= 0.3 is 0 Å². The first kappa shape index (κ1) is 56.0. The van der Waals surface area contributed by atoms with E-state index in [2.05, 4.69) is 31.3 Å². The number of nitrogens with one attached hydrogen (secondary N) is 1. The molecule has 338 valence electrons. The summed E-state index contributed by atoms with van der Waals surface area (Å²) >= 11 is 0. The number of nitrogens with zero attached hydrogens (tertiary/aromatic N) is 1. The van der Waals surface area contributed by atoms with Gasteiger partial charge in [0, 0.05) is 6.42 Å². The van der Waals surface area contributed by atoms with Crippen molar-refractivity contribution < 1.29 is 32.9 Å². The van der Waals surface area contributed by atoms with E-state index < -0.39 is 20.0 Å². The van der Waals surface area contributed by atoms with Crippen LogP contribution in [0.4, 0.5) is 0 Å². The second kappa shape index (κ2) is 40.4. The molecule has 3 unspecified atom stereocenters. The van der Waals surface area contributed by atoms with E-state index in [1.165, 1.54) is 167 Å². The van der Waals surface area contributed by atoms with Crippen LogP contribution in [0.5, 0.6) is 0 Å². The van der Waals surface area contributed by atoms with Crippen LogP contribution in [0.25, 0.3) is 0 Å². The maximum Gasteiger partial charge on any atom is 0.268 e. The van der Waals surface area contributed by atoms with Gasteiger partial charge in [0.15, 0.2) is 0 Å². The minimum absolute atomic E-state index is 0.00410. The Balaban J connectivity index is 4.37. The number of carbonyl (C=O) groups is 1. The van der Waals surface area contributed by atoms with Crippen LogP contribution in [0.15, 0.2) is 24.3 Å². The number of quaternary nitrogens is 1. The van der Waals surface area contributed by atoms with E-state index >= 15 is 0 Å². The third kappa shape index (κ3) is 42.9. The number of unbranched alkanes of at least 4 members (excludes halogenated alkanes) is 29. The molecule has 1 amide bonds. The van der Waals surface area contributed by atoms with Crippen LogP contribution in [0, 0.1) is 0 Å². The Bertz CT molecular complexity index is 984. The molecule has 3 atom stereocenters. The molecule has 0 saturated heterocycles. The van der Waals surface area contributed by atoms with Crippen LogP contribution in [0.1, 0.15) is 226 Å². The number of phosphoric ester groups is 1. The molecule has 0 aliphatic carbocycles. The fourth-order valence-corrected chi connectivity index (χ4v) is 7.77. The van der Waals surface area contributed by atoms with Crippen LogP contribution in [0.3, 0.4) is 0 Å². The minimum atomic E-state index is -4.59. The van der Waals surface area contributed by atoms with Gasteiger partial charge in [-0.05, 0) is 32.1 Å². The zero-order valence-electron chi connectivity index (χ0n) is 38.3. The molecule has 2 N–H and O–H groups in total. The Kier molecular flexibility index (Phi) is 39.7. The van der Waals surface area contributed by atoms with Crippen molar-refractivity contribution >= 4 is 13.7 Å². The molecule has 0 rings (SSSR count). The van der Waals surface area contributed by atoms with Gasteiger partial charge in [-0.1, -0.05) is 212 Å². The molecule has 0 fully saturated rings. The zero-order valence-corrected chi connectivity index (χ0v) is 39.2. The zero-order chi connectivity index (χ0) is 42.1. The van der Waals surface area contributed by atoms with E-state index in [-0.39, 0.29) is 19.1 Å². The molecular formula is C48H95N2O6P. The maximum atomic E-state index is 12.9. The molecule has 0 bridgehead atoms. The third-order valence-electron chi connectivity index (χ3n) is 10.9. The Morgan fingerprint density at radius 3 is 1.42 bits per heavy atom. The van der Waals surface area contributed by atoms with Gasteiger partial charge in [-0.3, -0.25) is 9.36 Å². The summed E-state index contributed by atoms with van der Waals surface area (Å²) in [6, 6.07) is -0.898. The van der Waals surface area contributed by atoms with Crippen molar-refractivity contribution in [1.29, 1.82) is 0 Å². The van der Waals surface area contributed by atoms with Crippen molar-refractivity contribution in [1.82, 2.24) is 5.32 Å². The number of aliphatic hydroxyl groups excluding tert-OH is 1. The lowest BCUT2D eigenvalue weighted by molar-refractivity contribution is -0.870. The molecule has 8 nitrogen and oxygen atoms in total. The Hall–Kier alpha value is -1.02. The molecule has 57 heavy (non-hydrogen) atoms. The van der Waals surface area contributed by atoms with Crippen LogP contribution in [-0.4, -0.2) is 68.5 Å². The fourth-order valence-electron chi connectivity index (χ4n) is 7.05. The van der Waals surface area contributed by atoms with E-state index in [9.17, 15) is 19.4 Å². The number of carbonyl (C=O) groups excluding carboxylic acids is 1. The summed E-state index contributed by atoms with van der Waals surface area (Å²) in [4.78, 5) is 25.3. The average Bonchev–Trinajstić information content (AvgIpc) is 3.16. The first-order chi connectivity index (χ1) is 27.5. The van der Waals surface area contributed by atoms with E-state index in [0.717, 1.165) is 38.5 Å². The summed E-state index contributed by atoms with van der Waals surface area (Å²) in [6.45, 7) is 4.64. The van der Waals surface area contributed by atoms with E-state index in [1.54, 1.807) is 6.08 Å². The fraction of sp³-hybridized carbons (Fsp3) is 0.896. The molecular weight excluding hydrogens is 732 g/mol. The number of rotatable bonds is 44. The summed E-state index contributed by atoms with van der Waals surface area (Å²) in [5.41, 5.74) is 0. The van der Waals surface area contributed by atoms with Crippen molar-refractivity contribution in [3.05, 3.63) is 24.3 Å². The quantitative estimate of drug-likeness (QED) is 0.0274. The van der Waals surface area contributed by atoms with Crippen molar-refractivity contribution in [2.45, 2.75) is 238 Å². The van der Waals surface area contributed by atoms with Crippen LogP contribution in [-0.2, 0) is 18.4 Å². The van der Waals surface area contributed by atoms with Gasteiger partial charge in [0.1, 0.15) is 13.2 Å². The predicted molar refractivity (Wildman–Crippen MR) is 242 cm³/mol. The Morgan fingerprint density at radius 2 is 0.982 bits per heavy atom. The summed E-state index contributed by atoms with van der Waals surface area (Å²) in [5.74, 6) is -0.204. The van der Waals surface area contributed by atoms with Crippen molar-refractivity contribution in [3.8, 4) is 0 Å². The minimum Gasteiger partial charge on any atom is -0.756 e. The largest absolute Gasteiger partial charge is 0.756 e. The first-order valence-corrected chi connectivity index (χ1v) is 25.7. The number of hydrogen-bond donors (Lipinski definition) is 2. The normalized spacial score (nSPS) is 14.4. The van der Waals surface area contributed by atoms with Crippen LogP contribution in [0.2, 0.25) is 0 Å².